The van der Waals surface area contributed by atoms with Gasteiger partial charge in [-0.05, 0) is 31.1 Å². The first-order chi connectivity index (χ1) is 7.79. The third-order valence-corrected chi connectivity index (χ3v) is 3.78. The van der Waals surface area contributed by atoms with Crippen LogP contribution in [-0.4, -0.2) is 32.2 Å². The number of epoxide rings is 1. The third kappa shape index (κ3) is 3.72. The highest BCUT2D eigenvalue weighted by molar-refractivity contribution is 4.78. The molecule has 0 radical (unpaired) electrons. The molecule has 3 unspecified atom stereocenters. The fraction of sp³-hybridized carbons (Fsp3) is 1.00. The number of hydrogen-bond acceptors (Lipinski definition) is 3. The topological polar surface area (TPSA) is 31.0 Å². The maximum Gasteiger partial charge on any atom is 0.157 e. The van der Waals surface area contributed by atoms with Crippen LogP contribution in [0.4, 0.5) is 0 Å². The van der Waals surface area contributed by atoms with Gasteiger partial charge in [-0.15, -0.1) is 0 Å². The van der Waals surface area contributed by atoms with Crippen LogP contribution in [0.3, 0.4) is 0 Å². The van der Waals surface area contributed by atoms with Gasteiger partial charge in [0.05, 0.1) is 25.9 Å². The van der Waals surface area contributed by atoms with Crippen molar-refractivity contribution in [3.8, 4) is 0 Å². The van der Waals surface area contributed by atoms with E-state index in [4.69, 9.17) is 14.2 Å². The lowest BCUT2D eigenvalue weighted by molar-refractivity contribution is -0.0507. The first kappa shape index (κ1) is 12.3. The van der Waals surface area contributed by atoms with Crippen molar-refractivity contribution in [2.75, 3.05) is 19.8 Å². The zero-order valence-corrected chi connectivity index (χ0v) is 10.5. The Morgan fingerprint density at radius 1 is 1.19 bits per heavy atom. The SMILES string of the molecule is CCC(CCC1OCCO1)CC(C)C1CO1. The highest BCUT2D eigenvalue weighted by Gasteiger charge is 2.30. The van der Waals surface area contributed by atoms with Gasteiger partial charge in [-0.2, -0.15) is 0 Å². The van der Waals surface area contributed by atoms with Crippen LogP contribution in [0.5, 0.6) is 0 Å². The van der Waals surface area contributed by atoms with E-state index in [-0.39, 0.29) is 6.29 Å². The Hall–Kier alpha value is -0.120. The Kier molecular flexibility index (Phi) is 4.62. The van der Waals surface area contributed by atoms with Gasteiger partial charge in [-0.1, -0.05) is 20.3 Å². The largest absolute Gasteiger partial charge is 0.373 e. The summed E-state index contributed by atoms with van der Waals surface area (Å²) in [4.78, 5) is 0. The summed E-state index contributed by atoms with van der Waals surface area (Å²) in [5.41, 5.74) is 0. The molecule has 94 valence electrons. The number of hydrogen-bond donors (Lipinski definition) is 0. The molecule has 3 atom stereocenters. The molecule has 0 aromatic heterocycles. The minimum atomic E-state index is 0.0709. The van der Waals surface area contributed by atoms with Crippen molar-refractivity contribution in [2.45, 2.75) is 51.9 Å². The lowest BCUT2D eigenvalue weighted by Gasteiger charge is -2.19. The summed E-state index contributed by atoms with van der Waals surface area (Å²) in [5.74, 6) is 1.52. The molecule has 2 aliphatic rings. The van der Waals surface area contributed by atoms with Crippen LogP contribution in [0.25, 0.3) is 0 Å². The summed E-state index contributed by atoms with van der Waals surface area (Å²) < 4.78 is 16.3. The Morgan fingerprint density at radius 2 is 1.88 bits per heavy atom. The van der Waals surface area contributed by atoms with E-state index >= 15 is 0 Å². The normalized spacial score (nSPS) is 29.2. The molecule has 0 bridgehead atoms. The molecule has 0 aromatic rings. The van der Waals surface area contributed by atoms with E-state index in [9.17, 15) is 0 Å². The molecule has 2 saturated heterocycles. The zero-order chi connectivity index (χ0) is 11.4. The van der Waals surface area contributed by atoms with Crippen LogP contribution in [-0.2, 0) is 14.2 Å². The van der Waals surface area contributed by atoms with Gasteiger partial charge < -0.3 is 14.2 Å². The predicted molar refractivity (Wildman–Crippen MR) is 62.2 cm³/mol. The fourth-order valence-corrected chi connectivity index (χ4v) is 2.50. The quantitative estimate of drug-likeness (QED) is 0.628. The molecule has 2 heterocycles. The zero-order valence-electron chi connectivity index (χ0n) is 10.5. The Morgan fingerprint density at radius 3 is 2.44 bits per heavy atom. The van der Waals surface area contributed by atoms with Crippen LogP contribution in [0, 0.1) is 11.8 Å². The van der Waals surface area contributed by atoms with E-state index in [2.05, 4.69) is 13.8 Å². The highest BCUT2D eigenvalue weighted by atomic mass is 16.7. The number of ether oxygens (including phenoxy) is 3. The first-order valence-electron chi connectivity index (χ1n) is 6.64. The van der Waals surface area contributed by atoms with Crippen molar-refractivity contribution in [3.05, 3.63) is 0 Å². The molecule has 3 nitrogen and oxygen atoms in total. The summed E-state index contributed by atoms with van der Waals surface area (Å²) in [6.45, 7) is 7.11. The molecule has 2 aliphatic heterocycles. The van der Waals surface area contributed by atoms with Gasteiger partial charge in [0.15, 0.2) is 6.29 Å². The summed E-state index contributed by atoms with van der Waals surface area (Å²) in [7, 11) is 0. The van der Waals surface area contributed by atoms with Crippen molar-refractivity contribution in [1.29, 1.82) is 0 Å². The van der Waals surface area contributed by atoms with E-state index in [0.717, 1.165) is 38.1 Å². The molecular formula is C13H24O3. The smallest absolute Gasteiger partial charge is 0.157 e. The van der Waals surface area contributed by atoms with Gasteiger partial charge in [0, 0.05) is 0 Å². The van der Waals surface area contributed by atoms with E-state index in [1.807, 2.05) is 0 Å². The average Bonchev–Trinajstić information content (AvgIpc) is 3.02. The van der Waals surface area contributed by atoms with Crippen LogP contribution < -0.4 is 0 Å². The molecule has 0 aromatic carbocycles. The van der Waals surface area contributed by atoms with Crippen molar-refractivity contribution < 1.29 is 14.2 Å². The second kappa shape index (κ2) is 5.99. The molecule has 0 N–H and O–H groups in total. The van der Waals surface area contributed by atoms with Crippen LogP contribution >= 0.6 is 0 Å². The van der Waals surface area contributed by atoms with Gasteiger partial charge in [0.1, 0.15) is 0 Å². The number of rotatable bonds is 7. The monoisotopic (exact) mass is 228 g/mol. The summed E-state index contributed by atoms with van der Waals surface area (Å²) in [6, 6.07) is 0. The van der Waals surface area contributed by atoms with Crippen molar-refractivity contribution in [3.63, 3.8) is 0 Å². The molecule has 3 heteroatoms. The van der Waals surface area contributed by atoms with Gasteiger partial charge in [-0.25, -0.2) is 0 Å². The summed E-state index contributed by atoms with van der Waals surface area (Å²) in [5, 5.41) is 0. The molecule has 2 fully saturated rings. The van der Waals surface area contributed by atoms with Gasteiger partial charge in [-0.3, -0.25) is 0 Å². The predicted octanol–water partition coefficient (Wildman–Crippen LogP) is 2.59. The molecule has 16 heavy (non-hydrogen) atoms. The van der Waals surface area contributed by atoms with E-state index in [1.165, 1.54) is 19.3 Å². The second-order valence-electron chi connectivity index (χ2n) is 5.11. The molecule has 0 aliphatic carbocycles. The van der Waals surface area contributed by atoms with Gasteiger partial charge in [0.2, 0.25) is 0 Å². The van der Waals surface area contributed by atoms with Crippen LogP contribution in [0.15, 0.2) is 0 Å². The third-order valence-electron chi connectivity index (χ3n) is 3.78. The average molecular weight is 228 g/mol. The maximum atomic E-state index is 5.47. The summed E-state index contributed by atoms with van der Waals surface area (Å²) in [6.07, 6.45) is 5.43. The van der Waals surface area contributed by atoms with Crippen molar-refractivity contribution >= 4 is 0 Å². The standard InChI is InChI=1S/C13H24O3/c1-3-11(8-10(2)12-9-16-12)4-5-13-14-6-7-15-13/h10-13H,3-9H2,1-2H3. The Balaban J connectivity index is 1.63. The molecule has 0 saturated carbocycles. The summed E-state index contributed by atoms with van der Waals surface area (Å²) >= 11 is 0. The second-order valence-corrected chi connectivity index (χ2v) is 5.11. The molecule has 0 amide bonds. The lowest BCUT2D eigenvalue weighted by Crippen LogP contribution is -2.14. The Bertz CT molecular complexity index is 197. The van der Waals surface area contributed by atoms with Crippen LogP contribution in [0.2, 0.25) is 0 Å². The first-order valence-corrected chi connectivity index (χ1v) is 6.64. The molecule has 2 rings (SSSR count). The minimum absolute atomic E-state index is 0.0709. The van der Waals surface area contributed by atoms with E-state index in [0.29, 0.717) is 6.10 Å². The van der Waals surface area contributed by atoms with Gasteiger partial charge >= 0.3 is 0 Å². The lowest BCUT2D eigenvalue weighted by atomic mass is 9.88. The maximum absolute atomic E-state index is 5.47. The highest BCUT2D eigenvalue weighted by Crippen LogP contribution is 2.29. The molecular weight excluding hydrogens is 204 g/mol. The molecule has 0 spiro atoms. The van der Waals surface area contributed by atoms with Crippen LogP contribution in [0.1, 0.15) is 39.5 Å². The van der Waals surface area contributed by atoms with Crippen molar-refractivity contribution in [1.82, 2.24) is 0 Å². The van der Waals surface area contributed by atoms with E-state index in [1.54, 1.807) is 0 Å². The minimum Gasteiger partial charge on any atom is -0.373 e. The van der Waals surface area contributed by atoms with E-state index < -0.39 is 0 Å². The van der Waals surface area contributed by atoms with Gasteiger partial charge in [0.25, 0.3) is 0 Å². The Labute approximate surface area is 98.4 Å². The fourth-order valence-electron chi connectivity index (χ4n) is 2.50. The van der Waals surface area contributed by atoms with Crippen molar-refractivity contribution in [2.24, 2.45) is 11.8 Å².